The van der Waals surface area contributed by atoms with E-state index in [0.717, 1.165) is 5.56 Å². The second-order valence-electron chi connectivity index (χ2n) is 14.0. The van der Waals surface area contributed by atoms with Crippen molar-refractivity contribution in [1.82, 2.24) is 15.5 Å². The summed E-state index contributed by atoms with van der Waals surface area (Å²) in [7, 11) is 0. The number of piperidine rings is 1. The lowest BCUT2D eigenvalue weighted by atomic mass is 9.88. The highest BCUT2D eigenvalue weighted by Gasteiger charge is 2.31. The molecule has 0 aliphatic carbocycles. The van der Waals surface area contributed by atoms with Crippen molar-refractivity contribution in [2.75, 3.05) is 18.4 Å². The number of halogens is 1. The minimum absolute atomic E-state index is 0.0691. The minimum Gasteiger partial charge on any atom is -0.454 e. The number of hydrogen-bond acceptors (Lipinski definition) is 7. The molecular formula is C42H47FN4O6. The zero-order valence-electron chi connectivity index (χ0n) is 30.6. The third-order valence-corrected chi connectivity index (χ3v) is 8.89. The average molecular weight is 723 g/mol. The van der Waals surface area contributed by atoms with Gasteiger partial charge in [0.1, 0.15) is 17.2 Å². The Morgan fingerprint density at radius 2 is 1.57 bits per heavy atom. The Kier molecular flexibility index (Phi) is 13.0. The number of carbonyl (C=O) groups is 4. The summed E-state index contributed by atoms with van der Waals surface area (Å²) in [4.78, 5) is 55.0. The SMILES string of the molecule is CCC(NCc1ccccc1F)C(=O)Nc1cccc(C(=O)C2CCN(C(=O)c3ccccc3)CC2)c1Oc1cccc(CNC(=O)OC(C)(C)C)c1. The Bertz CT molecular complexity index is 1900. The first-order chi connectivity index (χ1) is 25.4. The largest absolute Gasteiger partial charge is 0.454 e. The Labute approximate surface area is 310 Å². The van der Waals surface area contributed by atoms with E-state index in [4.69, 9.17) is 9.47 Å². The lowest BCUT2D eigenvalue weighted by Gasteiger charge is -2.31. The van der Waals surface area contributed by atoms with Crippen molar-refractivity contribution >= 4 is 29.4 Å². The number of amides is 3. The number of rotatable bonds is 13. The highest BCUT2D eigenvalue weighted by Crippen LogP contribution is 2.37. The first-order valence-electron chi connectivity index (χ1n) is 17.9. The van der Waals surface area contributed by atoms with Gasteiger partial charge in [-0.2, -0.15) is 0 Å². The van der Waals surface area contributed by atoms with Crippen LogP contribution in [0.4, 0.5) is 14.9 Å². The summed E-state index contributed by atoms with van der Waals surface area (Å²) in [6, 6.07) is 26.9. The number of likely N-dealkylation sites (tertiary alicyclic amines) is 1. The van der Waals surface area contributed by atoms with Gasteiger partial charge in [0.25, 0.3) is 5.91 Å². The molecule has 5 rings (SSSR count). The quantitative estimate of drug-likeness (QED) is 0.120. The van der Waals surface area contributed by atoms with Gasteiger partial charge in [-0.05, 0) is 88.1 Å². The fourth-order valence-electron chi connectivity index (χ4n) is 6.11. The lowest BCUT2D eigenvalue weighted by molar-refractivity contribution is -0.118. The number of para-hydroxylation sites is 1. The van der Waals surface area contributed by atoms with Crippen molar-refractivity contribution in [3.8, 4) is 11.5 Å². The summed E-state index contributed by atoms with van der Waals surface area (Å²) in [6.07, 6.45) is 0.798. The van der Waals surface area contributed by atoms with Crippen LogP contribution in [0.5, 0.6) is 11.5 Å². The molecule has 3 amide bonds. The van der Waals surface area contributed by atoms with Gasteiger partial charge in [0.05, 0.1) is 17.3 Å². The van der Waals surface area contributed by atoms with E-state index in [1.165, 1.54) is 6.07 Å². The molecular weight excluding hydrogens is 675 g/mol. The van der Waals surface area contributed by atoms with Crippen molar-refractivity contribution in [2.45, 2.75) is 71.7 Å². The lowest BCUT2D eigenvalue weighted by Crippen LogP contribution is -2.40. The van der Waals surface area contributed by atoms with Crippen LogP contribution in [0.1, 0.15) is 78.8 Å². The molecule has 278 valence electrons. The van der Waals surface area contributed by atoms with Crippen LogP contribution >= 0.6 is 0 Å². The van der Waals surface area contributed by atoms with Crippen LogP contribution in [0.15, 0.2) is 97.1 Å². The van der Waals surface area contributed by atoms with Gasteiger partial charge in [0.2, 0.25) is 5.91 Å². The monoisotopic (exact) mass is 722 g/mol. The van der Waals surface area contributed by atoms with Crippen LogP contribution in [0.2, 0.25) is 0 Å². The second kappa shape index (κ2) is 17.8. The van der Waals surface area contributed by atoms with E-state index in [9.17, 15) is 23.6 Å². The van der Waals surface area contributed by atoms with Crippen molar-refractivity contribution in [1.29, 1.82) is 0 Å². The number of Topliss-reactive ketones (excluding diaryl/α,β-unsaturated/α-hetero) is 1. The molecule has 1 heterocycles. The van der Waals surface area contributed by atoms with Crippen molar-refractivity contribution < 1.29 is 33.0 Å². The van der Waals surface area contributed by atoms with Crippen LogP contribution in [0.3, 0.4) is 0 Å². The maximum absolute atomic E-state index is 14.3. The maximum atomic E-state index is 14.3. The number of ketones is 1. The first-order valence-corrected chi connectivity index (χ1v) is 17.9. The number of anilines is 1. The van der Waals surface area contributed by atoms with Crippen molar-refractivity contribution in [3.63, 3.8) is 0 Å². The van der Waals surface area contributed by atoms with E-state index in [1.54, 1.807) is 92.4 Å². The fraction of sp³-hybridized carbons (Fsp3) is 0.333. The van der Waals surface area contributed by atoms with E-state index < -0.39 is 17.7 Å². The third-order valence-electron chi connectivity index (χ3n) is 8.89. The van der Waals surface area contributed by atoms with E-state index in [0.29, 0.717) is 60.5 Å². The summed E-state index contributed by atoms with van der Waals surface area (Å²) in [5.74, 6) is -0.779. The van der Waals surface area contributed by atoms with Gasteiger partial charge in [0, 0.05) is 43.2 Å². The van der Waals surface area contributed by atoms with Gasteiger partial charge in [-0.1, -0.05) is 61.5 Å². The molecule has 0 saturated carbocycles. The van der Waals surface area contributed by atoms with Gasteiger partial charge in [-0.15, -0.1) is 0 Å². The molecule has 1 saturated heterocycles. The van der Waals surface area contributed by atoms with Crippen LogP contribution < -0.4 is 20.7 Å². The number of ether oxygens (including phenoxy) is 2. The number of hydrogen-bond donors (Lipinski definition) is 3. The van der Waals surface area contributed by atoms with Crippen LogP contribution in [0, 0.1) is 11.7 Å². The molecule has 4 aromatic carbocycles. The third kappa shape index (κ3) is 10.7. The zero-order valence-corrected chi connectivity index (χ0v) is 30.6. The molecule has 0 aromatic heterocycles. The normalized spacial score (nSPS) is 13.9. The number of carbonyl (C=O) groups excluding carboxylic acids is 4. The van der Waals surface area contributed by atoms with Gasteiger partial charge >= 0.3 is 6.09 Å². The van der Waals surface area contributed by atoms with Gasteiger partial charge < -0.3 is 30.3 Å². The topological polar surface area (TPSA) is 126 Å². The van der Waals surface area contributed by atoms with Gasteiger partial charge in [-0.3, -0.25) is 14.4 Å². The van der Waals surface area contributed by atoms with E-state index in [-0.39, 0.29) is 48.2 Å². The number of benzene rings is 4. The van der Waals surface area contributed by atoms with Crippen LogP contribution in [-0.2, 0) is 22.6 Å². The van der Waals surface area contributed by atoms with E-state index >= 15 is 0 Å². The molecule has 10 nitrogen and oxygen atoms in total. The summed E-state index contributed by atoms with van der Waals surface area (Å²) in [5.41, 5.74) is 1.70. The first kappa shape index (κ1) is 38.7. The van der Waals surface area contributed by atoms with Crippen molar-refractivity contribution in [3.05, 3.63) is 125 Å². The smallest absolute Gasteiger partial charge is 0.407 e. The van der Waals surface area contributed by atoms with Gasteiger partial charge in [0.15, 0.2) is 11.5 Å². The number of alkyl carbamates (subject to hydrolysis) is 1. The molecule has 4 aromatic rings. The molecule has 1 aliphatic rings. The zero-order chi connectivity index (χ0) is 38.0. The van der Waals surface area contributed by atoms with Gasteiger partial charge in [-0.25, -0.2) is 9.18 Å². The fourth-order valence-corrected chi connectivity index (χ4v) is 6.11. The molecule has 1 unspecified atom stereocenters. The molecule has 1 fully saturated rings. The molecule has 0 spiro atoms. The highest BCUT2D eigenvalue weighted by molar-refractivity contribution is 6.04. The molecule has 0 bridgehead atoms. The summed E-state index contributed by atoms with van der Waals surface area (Å²) in [5, 5.41) is 8.82. The summed E-state index contributed by atoms with van der Waals surface area (Å²) >= 11 is 0. The molecule has 11 heteroatoms. The highest BCUT2D eigenvalue weighted by atomic mass is 19.1. The summed E-state index contributed by atoms with van der Waals surface area (Å²) < 4.78 is 26.1. The Morgan fingerprint density at radius 3 is 2.26 bits per heavy atom. The van der Waals surface area contributed by atoms with Crippen LogP contribution in [-0.4, -0.2) is 53.3 Å². The maximum Gasteiger partial charge on any atom is 0.407 e. The second-order valence-corrected chi connectivity index (χ2v) is 14.0. The van der Waals surface area contributed by atoms with Crippen molar-refractivity contribution in [2.24, 2.45) is 5.92 Å². The number of nitrogens with zero attached hydrogens (tertiary/aromatic N) is 1. The minimum atomic E-state index is -0.671. The van der Waals surface area contributed by atoms with E-state index in [2.05, 4.69) is 16.0 Å². The predicted molar refractivity (Wildman–Crippen MR) is 201 cm³/mol. The Balaban J connectivity index is 1.37. The average Bonchev–Trinajstić information content (AvgIpc) is 3.15. The Morgan fingerprint density at radius 1 is 0.868 bits per heavy atom. The molecule has 53 heavy (non-hydrogen) atoms. The van der Waals surface area contributed by atoms with E-state index in [1.807, 2.05) is 31.2 Å². The predicted octanol–water partition coefficient (Wildman–Crippen LogP) is 7.88. The molecule has 0 radical (unpaired) electrons. The summed E-state index contributed by atoms with van der Waals surface area (Å²) in [6.45, 7) is 8.37. The Hall–Kier alpha value is -5.55. The molecule has 3 N–H and O–H groups in total. The standard InChI is InChI=1S/C42H47FN4O6/c1-5-35(44-27-31-16-9-10-19-34(31)43)39(49)46-36-20-12-18-33(37(48)29-21-23-47(24-22-29)40(50)30-14-7-6-8-15-30)38(36)52-32-17-11-13-28(25-32)26-45-41(51)53-42(2,3)4/h6-20,25,29,35,44H,5,21-24,26-27H2,1-4H3,(H,45,51)(H,46,49). The van der Waals surface area contributed by atoms with Crippen LogP contribution in [0.25, 0.3) is 0 Å². The number of nitrogens with one attached hydrogen (secondary N) is 3. The molecule has 1 aliphatic heterocycles. The molecule has 1 atom stereocenters.